The van der Waals surface area contributed by atoms with Crippen LogP contribution in [0.1, 0.15) is 43.0 Å². The number of carbonyl (C=O) groups is 1. The van der Waals surface area contributed by atoms with Crippen molar-refractivity contribution in [1.82, 2.24) is 5.32 Å². The van der Waals surface area contributed by atoms with Gasteiger partial charge in [0, 0.05) is 12.5 Å². The van der Waals surface area contributed by atoms with Crippen LogP contribution in [-0.4, -0.2) is 24.3 Å². The zero-order valence-electron chi connectivity index (χ0n) is 19.5. The molecule has 0 saturated heterocycles. The van der Waals surface area contributed by atoms with E-state index in [1.165, 1.54) is 23.3 Å². The number of ether oxygens (including phenoxy) is 2. The lowest BCUT2D eigenvalue weighted by atomic mass is 9.96. The van der Waals surface area contributed by atoms with E-state index in [4.69, 9.17) is 27.4 Å². The Hall–Kier alpha value is -2.67. The molecule has 0 spiro atoms. The molecule has 2 rings (SSSR count). The summed E-state index contributed by atoms with van der Waals surface area (Å²) in [7, 11) is 0. The van der Waals surface area contributed by atoms with E-state index in [1.54, 1.807) is 6.07 Å². The first-order valence-corrected chi connectivity index (χ1v) is 11.0. The van der Waals surface area contributed by atoms with Gasteiger partial charge in [0.05, 0.1) is 17.7 Å². The minimum absolute atomic E-state index is 0.000996. The average molecular weight is 461 g/mol. The van der Waals surface area contributed by atoms with Crippen LogP contribution in [-0.2, 0) is 27.3 Å². The topological polar surface area (TPSA) is 73.6 Å². The summed E-state index contributed by atoms with van der Waals surface area (Å²) in [5, 5.41) is 3.29. The lowest BCUT2D eigenvalue weighted by molar-refractivity contribution is -0.154. The van der Waals surface area contributed by atoms with Crippen molar-refractivity contribution < 1.29 is 18.7 Å². The summed E-state index contributed by atoms with van der Waals surface area (Å²) in [5.41, 5.74) is 9.26. The Morgan fingerprint density at radius 2 is 1.78 bits per heavy atom. The van der Waals surface area contributed by atoms with Gasteiger partial charge in [-0.25, -0.2) is 4.39 Å². The summed E-state index contributed by atoms with van der Waals surface area (Å²) in [5.74, 6) is -0.732. The van der Waals surface area contributed by atoms with Gasteiger partial charge in [0.25, 0.3) is 5.17 Å². The fraction of sp³-hybridized carbons (Fsp3) is 0.440. The first-order valence-electron chi connectivity index (χ1n) is 10.6. The van der Waals surface area contributed by atoms with Crippen molar-refractivity contribution in [3.05, 3.63) is 64.5 Å². The molecule has 0 aromatic heterocycles. The largest absolute Gasteiger partial charge is 0.466 e. The highest BCUT2D eigenvalue weighted by Crippen LogP contribution is 2.18. The summed E-state index contributed by atoms with van der Waals surface area (Å²) in [6, 6.07) is 10.8. The summed E-state index contributed by atoms with van der Waals surface area (Å²) < 4.78 is 24.7. The predicted molar refractivity (Wildman–Crippen MR) is 130 cm³/mol. The number of benzene rings is 2. The van der Waals surface area contributed by atoms with Gasteiger partial charge in [-0.2, -0.15) is 0 Å². The Kier molecular flexibility index (Phi) is 9.01. The van der Waals surface area contributed by atoms with Gasteiger partial charge in [-0.15, -0.1) is 0 Å². The quantitative estimate of drug-likeness (QED) is 0.333. The molecule has 1 atom stereocenters. The Morgan fingerprint density at radius 3 is 2.41 bits per heavy atom. The highest BCUT2D eigenvalue weighted by Gasteiger charge is 2.24. The third kappa shape index (κ3) is 8.11. The van der Waals surface area contributed by atoms with E-state index in [1.807, 2.05) is 20.8 Å². The molecule has 0 aliphatic rings. The molecular weight excluding hydrogens is 427 g/mol. The minimum atomic E-state index is -0.564. The Bertz CT molecular complexity index is 957. The number of nitrogen functional groups attached to an aromatic ring is 1. The molecule has 2 aromatic rings. The van der Waals surface area contributed by atoms with Crippen LogP contribution in [0.4, 0.5) is 10.1 Å². The number of hydrogen-bond acceptors (Lipinski definition) is 5. The van der Waals surface area contributed by atoms with Crippen LogP contribution in [0, 0.1) is 31.0 Å². The van der Waals surface area contributed by atoms with Crippen LogP contribution in [0.3, 0.4) is 0 Å². The molecule has 0 aliphatic carbocycles. The van der Waals surface area contributed by atoms with Crippen molar-refractivity contribution in [1.29, 1.82) is 0 Å². The molecule has 0 saturated carbocycles. The summed E-state index contributed by atoms with van der Waals surface area (Å²) in [4.78, 5) is 12.2. The first-order chi connectivity index (χ1) is 15.0. The van der Waals surface area contributed by atoms with Gasteiger partial charge in [-0.05, 0) is 87.6 Å². The maximum Gasteiger partial charge on any atom is 0.311 e. The number of esters is 1. The van der Waals surface area contributed by atoms with E-state index in [-0.39, 0.29) is 36.0 Å². The number of halogens is 1. The van der Waals surface area contributed by atoms with E-state index in [9.17, 15) is 9.18 Å². The molecule has 2 aromatic carbocycles. The van der Waals surface area contributed by atoms with Gasteiger partial charge in [0.2, 0.25) is 0 Å². The van der Waals surface area contributed by atoms with E-state index >= 15 is 0 Å². The van der Waals surface area contributed by atoms with E-state index < -0.39 is 11.2 Å². The SMILES string of the molecule is Cc1ccc(CC(CNC(=S)OCc2ccc(N)c(F)c2)COC(=O)C(C)(C)C)cc1C. The molecule has 0 fully saturated rings. The Morgan fingerprint density at radius 1 is 1.09 bits per heavy atom. The number of aryl methyl sites for hydroxylation is 2. The smallest absolute Gasteiger partial charge is 0.311 e. The monoisotopic (exact) mass is 460 g/mol. The summed E-state index contributed by atoms with van der Waals surface area (Å²) >= 11 is 5.27. The lowest BCUT2D eigenvalue weighted by Crippen LogP contribution is -2.34. The van der Waals surface area contributed by atoms with Gasteiger partial charge in [-0.1, -0.05) is 24.3 Å². The maximum absolute atomic E-state index is 13.6. The van der Waals surface area contributed by atoms with Crippen LogP contribution < -0.4 is 11.1 Å². The number of hydrogen-bond donors (Lipinski definition) is 2. The van der Waals surface area contributed by atoms with Crippen molar-refractivity contribution in [2.75, 3.05) is 18.9 Å². The molecule has 1 unspecified atom stereocenters. The number of carbonyl (C=O) groups excluding carboxylic acids is 1. The van der Waals surface area contributed by atoms with Crippen molar-refractivity contribution >= 4 is 29.0 Å². The van der Waals surface area contributed by atoms with Crippen LogP contribution in [0.2, 0.25) is 0 Å². The second-order valence-electron chi connectivity index (χ2n) is 9.15. The Labute approximate surface area is 195 Å². The van der Waals surface area contributed by atoms with Crippen molar-refractivity contribution in [3.63, 3.8) is 0 Å². The molecule has 0 aliphatic heterocycles. The van der Waals surface area contributed by atoms with Gasteiger partial charge in [0.15, 0.2) is 0 Å². The number of nitrogens with two attached hydrogens (primary N) is 1. The van der Waals surface area contributed by atoms with Crippen LogP contribution in [0.5, 0.6) is 0 Å². The molecule has 0 amide bonds. The van der Waals surface area contributed by atoms with Gasteiger partial charge in [-0.3, -0.25) is 4.79 Å². The normalized spacial score (nSPS) is 12.2. The Balaban J connectivity index is 1.96. The van der Waals surface area contributed by atoms with E-state index in [2.05, 4.69) is 37.4 Å². The molecule has 0 heterocycles. The van der Waals surface area contributed by atoms with Crippen molar-refractivity contribution in [2.45, 2.75) is 47.6 Å². The molecule has 174 valence electrons. The first kappa shape index (κ1) is 25.6. The number of rotatable bonds is 8. The molecule has 0 radical (unpaired) electrons. The lowest BCUT2D eigenvalue weighted by Gasteiger charge is -2.22. The summed E-state index contributed by atoms with van der Waals surface area (Å²) in [6.07, 6.45) is 0.720. The number of anilines is 1. The molecular formula is C25H33FN2O3S. The fourth-order valence-electron chi connectivity index (χ4n) is 2.95. The third-order valence-electron chi connectivity index (χ3n) is 5.13. The molecule has 3 N–H and O–H groups in total. The number of nitrogens with one attached hydrogen (secondary N) is 1. The minimum Gasteiger partial charge on any atom is -0.466 e. The maximum atomic E-state index is 13.6. The van der Waals surface area contributed by atoms with Crippen LogP contribution in [0.15, 0.2) is 36.4 Å². The number of thiocarbonyl (C=S) groups is 1. The molecule has 0 bridgehead atoms. The van der Waals surface area contributed by atoms with Gasteiger partial charge in [0.1, 0.15) is 12.4 Å². The summed E-state index contributed by atoms with van der Waals surface area (Å²) in [6.45, 7) is 10.5. The predicted octanol–water partition coefficient (Wildman–Crippen LogP) is 4.86. The molecule has 7 heteroatoms. The van der Waals surface area contributed by atoms with Gasteiger partial charge < -0.3 is 20.5 Å². The highest BCUT2D eigenvalue weighted by atomic mass is 32.1. The highest BCUT2D eigenvalue weighted by molar-refractivity contribution is 7.80. The average Bonchev–Trinajstić information content (AvgIpc) is 2.72. The van der Waals surface area contributed by atoms with E-state index in [0.717, 1.165) is 12.0 Å². The fourth-order valence-corrected chi connectivity index (χ4v) is 3.09. The van der Waals surface area contributed by atoms with E-state index in [0.29, 0.717) is 12.1 Å². The van der Waals surface area contributed by atoms with Crippen LogP contribution >= 0.6 is 12.2 Å². The van der Waals surface area contributed by atoms with Crippen molar-refractivity contribution in [3.8, 4) is 0 Å². The standard InChI is InChI=1S/C25H33FN2O3S/c1-16-6-7-18(10-17(16)2)11-20(15-30-23(29)25(3,4)5)13-28-24(32)31-14-19-8-9-22(27)21(26)12-19/h6-10,12,20H,11,13-15,27H2,1-5H3,(H,28,32). The van der Waals surface area contributed by atoms with Crippen LogP contribution in [0.25, 0.3) is 0 Å². The third-order valence-corrected chi connectivity index (χ3v) is 5.39. The second-order valence-corrected chi connectivity index (χ2v) is 9.52. The molecule has 32 heavy (non-hydrogen) atoms. The zero-order chi connectivity index (χ0) is 23.9. The second kappa shape index (κ2) is 11.3. The molecule has 5 nitrogen and oxygen atoms in total. The zero-order valence-corrected chi connectivity index (χ0v) is 20.3. The van der Waals surface area contributed by atoms with Crippen molar-refractivity contribution in [2.24, 2.45) is 11.3 Å². The van der Waals surface area contributed by atoms with Gasteiger partial charge >= 0.3 is 5.97 Å².